The first kappa shape index (κ1) is 15.0. The molecule has 3 N–H and O–H groups in total. The van der Waals surface area contributed by atoms with Crippen LogP contribution in [0, 0.1) is 20.8 Å². The van der Waals surface area contributed by atoms with Gasteiger partial charge in [0.05, 0.1) is 4.90 Å². The fourth-order valence-corrected chi connectivity index (χ4v) is 3.91. The van der Waals surface area contributed by atoms with Crippen LogP contribution in [-0.2, 0) is 16.6 Å². The molecule has 0 aliphatic heterocycles. The van der Waals surface area contributed by atoms with Crippen LogP contribution < -0.4 is 10.5 Å². The van der Waals surface area contributed by atoms with Gasteiger partial charge in [-0.3, -0.25) is 0 Å². The van der Waals surface area contributed by atoms with E-state index in [9.17, 15) is 8.42 Å². The molecule has 108 valence electrons. The van der Waals surface area contributed by atoms with Gasteiger partial charge in [-0.1, -0.05) is 6.07 Å². The molecule has 20 heavy (non-hydrogen) atoms. The summed E-state index contributed by atoms with van der Waals surface area (Å²) in [6.45, 7) is 6.59. The lowest BCUT2D eigenvalue weighted by Gasteiger charge is -2.12. The van der Waals surface area contributed by atoms with Crippen LogP contribution in [0.1, 0.15) is 20.9 Å². The summed E-state index contributed by atoms with van der Waals surface area (Å²) in [5.41, 5.74) is 2.67. The number of nitrogens with two attached hydrogens (primary N) is 1. The highest BCUT2D eigenvalue weighted by molar-refractivity contribution is 7.89. The number of hydrogen-bond acceptors (Lipinski definition) is 4. The average Bonchev–Trinajstić information content (AvgIpc) is 2.65. The van der Waals surface area contributed by atoms with Crippen LogP contribution in [0.25, 0.3) is 0 Å². The SMILES string of the molecule is Cc1cc(CNc2cccc(S(N)(=O)=O)c2C)c(C)s1. The summed E-state index contributed by atoms with van der Waals surface area (Å²) < 4.78 is 23.0. The van der Waals surface area contributed by atoms with Crippen LogP contribution in [0.5, 0.6) is 0 Å². The molecule has 0 amide bonds. The van der Waals surface area contributed by atoms with Crippen molar-refractivity contribution >= 4 is 27.0 Å². The standard InChI is InChI=1S/C14H18N2O2S2/c1-9-7-12(11(3)19-9)8-16-13-5-4-6-14(10(13)2)20(15,17)18/h4-7,16H,8H2,1-3H3,(H2,15,17,18). The molecule has 0 radical (unpaired) electrons. The zero-order chi connectivity index (χ0) is 14.9. The Kier molecular flexibility index (Phi) is 4.17. The molecule has 6 heteroatoms. The van der Waals surface area contributed by atoms with Crippen molar-refractivity contribution in [1.82, 2.24) is 0 Å². The molecule has 1 heterocycles. The first-order valence-electron chi connectivity index (χ1n) is 6.21. The molecule has 0 aliphatic carbocycles. The number of aryl methyl sites for hydroxylation is 2. The van der Waals surface area contributed by atoms with Crippen molar-refractivity contribution in [3.05, 3.63) is 45.1 Å². The van der Waals surface area contributed by atoms with E-state index in [4.69, 9.17) is 5.14 Å². The van der Waals surface area contributed by atoms with Crippen LogP contribution in [0.2, 0.25) is 0 Å². The minimum Gasteiger partial charge on any atom is -0.381 e. The maximum absolute atomic E-state index is 11.5. The molecule has 0 atom stereocenters. The van der Waals surface area contributed by atoms with Crippen LogP contribution >= 0.6 is 11.3 Å². The molecular formula is C14H18N2O2S2. The largest absolute Gasteiger partial charge is 0.381 e. The van der Waals surface area contributed by atoms with E-state index in [0.717, 1.165) is 5.69 Å². The van der Waals surface area contributed by atoms with E-state index in [1.165, 1.54) is 21.4 Å². The lowest BCUT2D eigenvalue weighted by atomic mass is 10.2. The molecule has 1 aromatic heterocycles. The minimum atomic E-state index is -3.68. The van der Waals surface area contributed by atoms with Crippen molar-refractivity contribution in [3.63, 3.8) is 0 Å². The average molecular weight is 310 g/mol. The van der Waals surface area contributed by atoms with Crippen LogP contribution in [0.3, 0.4) is 0 Å². The monoisotopic (exact) mass is 310 g/mol. The Balaban J connectivity index is 2.25. The Bertz CT molecular complexity index is 734. The minimum absolute atomic E-state index is 0.167. The molecule has 2 aromatic rings. The van der Waals surface area contributed by atoms with Gasteiger partial charge in [0.15, 0.2) is 0 Å². The van der Waals surface area contributed by atoms with E-state index in [1.807, 2.05) is 6.07 Å². The predicted molar refractivity (Wildman–Crippen MR) is 83.7 cm³/mol. The number of benzene rings is 1. The van der Waals surface area contributed by atoms with Crippen molar-refractivity contribution in [2.45, 2.75) is 32.2 Å². The summed E-state index contributed by atoms with van der Waals surface area (Å²) >= 11 is 1.76. The molecule has 0 saturated heterocycles. The maximum Gasteiger partial charge on any atom is 0.238 e. The highest BCUT2D eigenvalue weighted by Gasteiger charge is 2.13. The molecule has 0 unspecified atom stereocenters. The van der Waals surface area contributed by atoms with Gasteiger partial charge in [-0.25, -0.2) is 13.6 Å². The molecule has 2 rings (SSSR count). The number of nitrogens with one attached hydrogen (secondary N) is 1. The number of anilines is 1. The zero-order valence-electron chi connectivity index (χ0n) is 11.7. The van der Waals surface area contributed by atoms with Gasteiger partial charge in [-0.15, -0.1) is 11.3 Å². The van der Waals surface area contributed by atoms with Gasteiger partial charge in [0, 0.05) is 22.0 Å². The van der Waals surface area contributed by atoms with E-state index in [0.29, 0.717) is 12.1 Å². The number of primary sulfonamides is 1. The second-order valence-electron chi connectivity index (χ2n) is 4.77. The third-order valence-electron chi connectivity index (χ3n) is 3.20. The molecule has 0 bridgehead atoms. The summed E-state index contributed by atoms with van der Waals surface area (Å²) in [6.07, 6.45) is 0. The number of rotatable bonds is 4. The summed E-state index contributed by atoms with van der Waals surface area (Å²) in [5, 5.41) is 8.49. The fourth-order valence-electron chi connectivity index (χ4n) is 2.16. The van der Waals surface area contributed by atoms with Gasteiger partial charge in [0.2, 0.25) is 10.0 Å². The Labute approximate surface area is 123 Å². The van der Waals surface area contributed by atoms with E-state index < -0.39 is 10.0 Å². The van der Waals surface area contributed by atoms with Crippen molar-refractivity contribution in [3.8, 4) is 0 Å². The lowest BCUT2D eigenvalue weighted by molar-refractivity contribution is 0.597. The first-order chi connectivity index (χ1) is 9.29. The summed E-state index contributed by atoms with van der Waals surface area (Å²) in [5.74, 6) is 0. The Morgan fingerprint density at radius 2 is 1.95 bits per heavy atom. The van der Waals surface area contributed by atoms with Gasteiger partial charge in [0.25, 0.3) is 0 Å². The van der Waals surface area contributed by atoms with Crippen LogP contribution in [0.4, 0.5) is 5.69 Å². The smallest absolute Gasteiger partial charge is 0.238 e. The molecule has 4 nitrogen and oxygen atoms in total. The highest BCUT2D eigenvalue weighted by atomic mass is 32.2. The van der Waals surface area contributed by atoms with Gasteiger partial charge in [-0.2, -0.15) is 0 Å². The van der Waals surface area contributed by atoms with Gasteiger partial charge >= 0.3 is 0 Å². The quantitative estimate of drug-likeness (QED) is 0.912. The number of sulfonamides is 1. The second kappa shape index (κ2) is 5.55. The van der Waals surface area contributed by atoms with E-state index in [-0.39, 0.29) is 4.90 Å². The van der Waals surface area contributed by atoms with Crippen molar-refractivity contribution < 1.29 is 8.42 Å². The zero-order valence-corrected chi connectivity index (χ0v) is 13.4. The van der Waals surface area contributed by atoms with E-state index in [1.54, 1.807) is 24.3 Å². The number of thiophene rings is 1. The number of hydrogen-bond donors (Lipinski definition) is 2. The summed E-state index contributed by atoms with van der Waals surface area (Å²) in [7, 11) is -3.68. The topological polar surface area (TPSA) is 72.2 Å². The lowest BCUT2D eigenvalue weighted by Crippen LogP contribution is -2.14. The normalized spacial score (nSPS) is 11.6. The van der Waals surface area contributed by atoms with Crippen molar-refractivity contribution in [2.24, 2.45) is 5.14 Å². The van der Waals surface area contributed by atoms with E-state index in [2.05, 4.69) is 25.2 Å². The first-order valence-corrected chi connectivity index (χ1v) is 8.57. The summed E-state index contributed by atoms with van der Waals surface area (Å²) in [6, 6.07) is 7.22. The van der Waals surface area contributed by atoms with Gasteiger partial charge in [0.1, 0.15) is 0 Å². The Morgan fingerprint density at radius 1 is 1.25 bits per heavy atom. The highest BCUT2D eigenvalue weighted by Crippen LogP contribution is 2.25. The van der Waals surface area contributed by atoms with Crippen molar-refractivity contribution in [2.75, 3.05) is 5.32 Å². The van der Waals surface area contributed by atoms with Crippen molar-refractivity contribution in [1.29, 1.82) is 0 Å². The third kappa shape index (κ3) is 3.20. The van der Waals surface area contributed by atoms with Crippen LogP contribution in [-0.4, -0.2) is 8.42 Å². The molecule has 0 fully saturated rings. The summed E-state index contributed by atoms with van der Waals surface area (Å²) in [4.78, 5) is 2.71. The Morgan fingerprint density at radius 3 is 2.50 bits per heavy atom. The maximum atomic E-state index is 11.5. The molecule has 0 spiro atoms. The molecule has 1 aromatic carbocycles. The molecule has 0 aliphatic rings. The fraction of sp³-hybridized carbons (Fsp3) is 0.286. The molecular weight excluding hydrogens is 292 g/mol. The predicted octanol–water partition coefficient (Wildman–Crippen LogP) is 2.93. The molecule has 0 saturated carbocycles. The van der Waals surface area contributed by atoms with Gasteiger partial charge < -0.3 is 5.32 Å². The van der Waals surface area contributed by atoms with Crippen LogP contribution in [0.15, 0.2) is 29.2 Å². The Hall–Kier alpha value is -1.37. The third-order valence-corrected chi connectivity index (χ3v) is 5.27. The van der Waals surface area contributed by atoms with Gasteiger partial charge in [-0.05, 0) is 50.1 Å². The van der Waals surface area contributed by atoms with E-state index >= 15 is 0 Å². The second-order valence-corrected chi connectivity index (χ2v) is 7.76.